The molecule has 0 atom stereocenters. The lowest BCUT2D eigenvalue weighted by Crippen LogP contribution is -2.76. The van der Waals surface area contributed by atoms with Gasteiger partial charge in [0.15, 0.2) is 0 Å². The fourth-order valence-electron chi connectivity index (χ4n) is 3.68. The van der Waals surface area contributed by atoms with Crippen LogP contribution in [-0.4, -0.2) is 27.5 Å². The van der Waals surface area contributed by atoms with Crippen molar-refractivity contribution in [2.45, 2.75) is 70.5 Å². The molecule has 1 amide bonds. The summed E-state index contributed by atoms with van der Waals surface area (Å²) in [7, 11) is 0. The Bertz CT molecular complexity index is 597. The van der Waals surface area contributed by atoms with E-state index in [1.54, 1.807) is 6.07 Å². The highest BCUT2D eigenvalue weighted by Crippen LogP contribution is 2.38. The van der Waals surface area contributed by atoms with Gasteiger partial charge in [-0.1, -0.05) is 43.4 Å². The van der Waals surface area contributed by atoms with E-state index in [1.165, 1.54) is 37.8 Å². The lowest BCUT2D eigenvalue weighted by Gasteiger charge is -2.58. The molecule has 0 spiro atoms. The number of rotatable bonds is 3. The highest BCUT2D eigenvalue weighted by molar-refractivity contribution is 6.31. The maximum Gasteiger partial charge on any atom is 0.258 e. The number of hydrogen-bond acceptors (Lipinski definition) is 2. The Hall–Kier alpha value is -1.13. The number of halogens is 2. The molecule has 0 aromatic heterocycles. The normalized spacial score (nSPS) is 22.8. The Labute approximate surface area is 142 Å². The summed E-state index contributed by atoms with van der Waals surface area (Å²) in [6.07, 6.45) is 7.00. The fraction of sp³-hybridized carbons (Fsp3) is 0.611. The molecule has 1 heterocycles. The van der Waals surface area contributed by atoms with Crippen LogP contribution in [0.5, 0.6) is 0 Å². The summed E-state index contributed by atoms with van der Waals surface area (Å²) >= 11 is 6.17. The third-order valence-electron chi connectivity index (χ3n) is 5.14. The van der Waals surface area contributed by atoms with Crippen LogP contribution < -0.4 is 0 Å². The molecule has 0 N–H and O–H groups in total. The summed E-state index contributed by atoms with van der Waals surface area (Å²) in [5, 5.41) is 4.45. The average Bonchev–Trinajstić information content (AvgIpc) is 2.77. The number of amides is 1. The second-order valence-electron chi connectivity index (χ2n) is 7.15. The van der Waals surface area contributed by atoms with Crippen molar-refractivity contribution >= 4 is 17.5 Å². The molecule has 0 radical (unpaired) electrons. The number of hydrazine groups is 1. The predicted molar refractivity (Wildman–Crippen MR) is 89.4 cm³/mol. The number of nitrogens with zero attached hydrogens (tertiary/aromatic N) is 2. The number of benzene rings is 1. The van der Waals surface area contributed by atoms with Crippen molar-refractivity contribution in [2.75, 3.05) is 0 Å². The molecule has 0 bridgehead atoms. The second-order valence-corrected chi connectivity index (χ2v) is 7.55. The fourth-order valence-corrected chi connectivity index (χ4v) is 3.90. The van der Waals surface area contributed by atoms with Crippen LogP contribution in [0.3, 0.4) is 0 Å². The molecular weight excluding hydrogens is 315 g/mol. The van der Waals surface area contributed by atoms with Gasteiger partial charge in [0, 0.05) is 17.6 Å². The third kappa shape index (κ3) is 3.11. The van der Waals surface area contributed by atoms with Gasteiger partial charge in [0.05, 0.1) is 0 Å². The molecule has 2 aliphatic rings. The van der Waals surface area contributed by atoms with Crippen molar-refractivity contribution in [1.82, 2.24) is 10.0 Å². The first-order valence-corrected chi connectivity index (χ1v) is 8.84. The van der Waals surface area contributed by atoms with Crippen molar-refractivity contribution in [3.63, 3.8) is 0 Å². The quantitative estimate of drug-likeness (QED) is 0.755. The van der Waals surface area contributed by atoms with E-state index in [0.29, 0.717) is 11.6 Å². The molecule has 3 rings (SSSR count). The van der Waals surface area contributed by atoms with Gasteiger partial charge < -0.3 is 0 Å². The first kappa shape index (κ1) is 16.7. The van der Waals surface area contributed by atoms with Crippen LogP contribution in [0, 0.1) is 5.82 Å². The van der Waals surface area contributed by atoms with Crippen molar-refractivity contribution in [2.24, 2.45) is 0 Å². The molecule has 1 saturated heterocycles. The highest BCUT2D eigenvalue weighted by atomic mass is 35.5. The van der Waals surface area contributed by atoms with E-state index in [0.717, 1.165) is 18.4 Å². The van der Waals surface area contributed by atoms with Crippen molar-refractivity contribution in [3.05, 3.63) is 34.6 Å². The minimum absolute atomic E-state index is 0.183. The number of carbonyl (C=O) groups is 1. The van der Waals surface area contributed by atoms with E-state index < -0.39 is 5.54 Å². The lowest BCUT2D eigenvalue weighted by molar-refractivity contribution is -0.230. The van der Waals surface area contributed by atoms with Crippen LogP contribution in [-0.2, 0) is 11.3 Å². The molecule has 1 aliphatic heterocycles. The summed E-state index contributed by atoms with van der Waals surface area (Å²) in [6.45, 7) is 4.42. The van der Waals surface area contributed by atoms with Crippen LogP contribution >= 0.6 is 11.6 Å². The smallest absolute Gasteiger partial charge is 0.258 e. The van der Waals surface area contributed by atoms with Gasteiger partial charge in [0.2, 0.25) is 0 Å². The molecule has 5 heteroatoms. The Balaban J connectivity index is 1.80. The summed E-state index contributed by atoms with van der Waals surface area (Å²) in [6, 6.07) is 4.76. The number of hydrogen-bond donors (Lipinski definition) is 0. The van der Waals surface area contributed by atoms with E-state index in [-0.39, 0.29) is 17.8 Å². The zero-order valence-electron chi connectivity index (χ0n) is 13.8. The zero-order valence-corrected chi connectivity index (χ0v) is 14.6. The van der Waals surface area contributed by atoms with Crippen molar-refractivity contribution < 1.29 is 9.18 Å². The molecular formula is C18H24ClFN2O. The van der Waals surface area contributed by atoms with Gasteiger partial charge >= 0.3 is 0 Å². The van der Waals surface area contributed by atoms with Crippen molar-refractivity contribution in [3.8, 4) is 0 Å². The van der Waals surface area contributed by atoms with Crippen LogP contribution in [0.4, 0.5) is 4.39 Å². The average molecular weight is 339 g/mol. The van der Waals surface area contributed by atoms with Crippen LogP contribution in [0.2, 0.25) is 5.02 Å². The topological polar surface area (TPSA) is 23.6 Å². The maximum absolute atomic E-state index is 13.2. The zero-order chi connectivity index (χ0) is 16.6. The maximum atomic E-state index is 13.2. The Morgan fingerprint density at radius 3 is 2.48 bits per heavy atom. The Kier molecular flexibility index (Phi) is 4.65. The summed E-state index contributed by atoms with van der Waals surface area (Å²) in [5.41, 5.74) is 0.330. The molecule has 1 saturated carbocycles. The Morgan fingerprint density at radius 2 is 1.87 bits per heavy atom. The lowest BCUT2D eigenvalue weighted by atomic mass is 9.93. The standard InChI is InChI=1S/C18H24ClFN2O/c1-18(2)17(23)22(15-7-5-3-4-6-8-15)21(18)12-13-9-10-14(20)11-16(13)19/h9-11,15H,3-8,12H2,1-2H3. The largest absolute Gasteiger partial charge is 0.271 e. The van der Waals surface area contributed by atoms with E-state index >= 15 is 0 Å². The molecule has 1 aliphatic carbocycles. The van der Waals surface area contributed by atoms with Gasteiger partial charge in [0.25, 0.3) is 5.91 Å². The van der Waals surface area contributed by atoms with Gasteiger partial charge in [-0.25, -0.2) is 4.39 Å². The number of carbonyl (C=O) groups excluding carboxylic acids is 1. The van der Waals surface area contributed by atoms with Crippen LogP contribution in [0.25, 0.3) is 0 Å². The van der Waals surface area contributed by atoms with E-state index in [2.05, 4.69) is 5.01 Å². The summed E-state index contributed by atoms with van der Waals surface area (Å²) in [5.74, 6) is -0.152. The highest BCUT2D eigenvalue weighted by Gasteiger charge is 2.54. The summed E-state index contributed by atoms with van der Waals surface area (Å²) < 4.78 is 13.2. The van der Waals surface area contributed by atoms with Crippen molar-refractivity contribution in [1.29, 1.82) is 0 Å². The van der Waals surface area contributed by atoms with Crippen LogP contribution in [0.15, 0.2) is 18.2 Å². The molecule has 1 aromatic carbocycles. The molecule has 3 nitrogen and oxygen atoms in total. The van der Waals surface area contributed by atoms with E-state index in [9.17, 15) is 9.18 Å². The Morgan fingerprint density at radius 1 is 1.22 bits per heavy atom. The minimum atomic E-state index is -0.524. The van der Waals surface area contributed by atoms with Crippen LogP contribution in [0.1, 0.15) is 57.9 Å². The predicted octanol–water partition coefficient (Wildman–Crippen LogP) is 4.54. The molecule has 0 unspecified atom stereocenters. The monoisotopic (exact) mass is 338 g/mol. The van der Waals surface area contributed by atoms with Gasteiger partial charge in [0.1, 0.15) is 11.4 Å². The SMILES string of the molecule is CC1(C)C(=O)N(C2CCCCCC2)N1Cc1ccc(F)cc1Cl. The molecule has 126 valence electrons. The van der Waals surface area contributed by atoms with Gasteiger partial charge in [-0.05, 0) is 44.4 Å². The molecule has 23 heavy (non-hydrogen) atoms. The third-order valence-corrected chi connectivity index (χ3v) is 5.49. The first-order valence-electron chi connectivity index (χ1n) is 8.46. The van der Waals surface area contributed by atoms with E-state index in [1.807, 2.05) is 18.9 Å². The van der Waals surface area contributed by atoms with Gasteiger partial charge in [-0.3, -0.25) is 9.80 Å². The molecule has 2 fully saturated rings. The second kappa shape index (κ2) is 6.40. The van der Waals surface area contributed by atoms with Gasteiger partial charge in [-0.15, -0.1) is 0 Å². The van der Waals surface area contributed by atoms with E-state index in [4.69, 9.17) is 11.6 Å². The minimum Gasteiger partial charge on any atom is -0.271 e. The first-order chi connectivity index (χ1) is 10.9. The summed E-state index contributed by atoms with van der Waals surface area (Å²) in [4.78, 5) is 12.6. The van der Waals surface area contributed by atoms with Gasteiger partial charge in [-0.2, -0.15) is 5.01 Å². The molecule has 1 aromatic rings.